The number of nitrogens with two attached hydrogens (primary N) is 1. The number of hydrogen-bond acceptors (Lipinski definition) is 6. The van der Waals surface area contributed by atoms with Crippen LogP contribution < -0.4 is 11.1 Å². The van der Waals surface area contributed by atoms with Crippen molar-refractivity contribution in [1.29, 1.82) is 5.26 Å². The predicted octanol–water partition coefficient (Wildman–Crippen LogP) is 0.864. The molecule has 0 amide bonds. The topological polar surface area (TPSA) is 106 Å². The first-order valence-corrected chi connectivity index (χ1v) is 6.34. The average molecular weight is 263 g/mol. The van der Waals surface area contributed by atoms with Gasteiger partial charge in [0.2, 0.25) is 0 Å². The van der Waals surface area contributed by atoms with Crippen molar-refractivity contribution in [3.63, 3.8) is 0 Å². The molecule has 102 valence electrons. The second-order valence-corrected chi connectivity index (χ2v) is 4.46. The lowest BCUT2D eigenvalue weighted by Crippen LogP contribution is -2.27. The summed E-state index contributed by atoms with van der Waals surface area (Å²) in [4.78, 5) is 11.4. The molecule has 1 aromatic heterocycles. The molecule has 1 saturated carbocycles. The van der Waals surface area contributed by atoms with E-state index in [1.54, 1.807) is 6.92 Å². The summed E-state index contributed by atoms with van der Waals surface area (Å²) in [6, 6.07) is 2.36. The van der Waals surface area contributed by atoms with Crippen LogP contribution in [0.1, 0.15) is 31.7 Å². The number of nitrogens with zero attached hydrogens (tertiary/aromatic N) is 3. The maximum Gasteiger partial charge on any atom is 0.327 e. The lowest BCUT2D eigenvalue weighted by molar-refractivity contribution is -0.143. The van der Waals surface area contributed by atoms with Gasteiger partial charge in [-0.2, -0.15) is 10.4 Å². The van der Waals surface area contributed by atoms with Crippen LogP contribution >= 0.6 is 0 Å². The third-order valence-electron chi connectivity index (χ3n) is 3.13. The number of carbonyl (C=O) groups excluding carboxylic acids is 1. The van der Waals surface area contributed by atoms with Crippen molar-refractivity contribution in [2.45, 2.75) is 38.8 Å². The van der Waals surface area contributed by atoms with E-state index in [9.17, 15) is 4.79 Å². The van der Waals surface area contributed by atoms with E-state index in [2.05, 4.69) is 10.4 Å². The molecule has 0 saturated heterocycles. The van der Waals surface area contributed by atoms with Gasteiger partial charge in [-0.25, -0.2) is 4.68 Å². The fourth-order valence-corrected chi connectivity index (χ4v) is 1.88. The molecule has 1 aromatic rings. The molecule has 1 aliphatic carbocycles. The smallest absolute Gasteiger partial charge is 0.327 e. The van der Waals surface area contributed by atoms with Crippen LogP contribution in [0.2, 0.25) is 0 Å². The average Bonchev–Trinajstić information content (AvgIpc) is 2.61. The number of carbonyl (C=O) groups is 1. The summed E-state index contributed by atoms with van der Waals surface area (Å²) >= 11 is 0. The van der Waals surface area contributed by atoms with E-state index in [-0.39, 0.29) is 17.9 Å². The first-order chi connectivity index (χ1) is 9.15. The van der Waals surface area contributed by atoms with Gasteiger partial charge < -0.3 is 15.8 Å². The molecule has 0 bridgehead atoms. The van der Waals surface area contributed by atoms with Crippen molar-refractivity contribution in [3.8, 4) is 6.07 Å². The summed E-state index contributed by atoms with van der Waals surface area (Å²) in [5, 5.41) is 16.5. The molecule has 1 aliphatic rings. The second kappa shape index (κ2) is 5.61. The van der Waals surface area contributed by atoms with Gasteiger partial charge in [0.25, 0.3) is 0 Å². The van der Waals surface area contributed by atoms with Gasteiger partial charge in [-0.15, -0.1) is 0 Å². The molecule has 0 atom stereocenters. The predicted molar refractivity (Wildman–Crippen MR) is 69.2 cm³/mol. The number of nitrogens with one attached hydrogen (secondary N) is 1. The minimum Gasteiger partial charge on any atom is -0.465 e. The Labute approximate surface area is 111 Å². The Morgan fingerprint density at radius 1 is 1.68 bits per heavy atom. The maximum absolute atomic E-state index is 11.4. The lowest BCUT2D eigenvalue weighted by Gasteiger charge is -2.26. The van der Waals surface area contributed by atoms with Crippen LogP contribution in [0, 0.1) is 11.3 Å². The van der Waals surface area contributed by atoms with Crippen LogP contribution in [-0.2, 0) is 16.1 Å². The number of nitrogen functional groups attached to an aromatic ring is 1. The highest BCUT2D eigenvalue weighted by Gasteiger charge is 2.23. The van der Waals surface area contributed by atoms with Crippen LogP contribution in [0.4, 0.5) is 11.6 Å². The third-order valence-corrected chi connectivity index (χ3v) is 3.13. The Hall–Kier alpha value is -2.23. The minimum atomic E-state index is -0.420. The van der Waals surface area contributed by atoms with E-state index in [4.69, 9.17) is 15.7 Å². The van der Waals surface area contributed by atoms with Crippen LogP contribution in [0.5, 0.6) is 0 Å². The number of hydrogen-bond donors (Lipinski definition) is 2. The van der Waals surface area contributed by atoms with Crippen LogP contribution in [0.3, 0.4) is 0 Å². The quantitative estimate of drug-likeness (QED) is 0.763. The molecule has 7 heteroatoms. The molecule has 0 radical (unpaired) electrons. The molecule has 0 unspecified atom stereocenters. The lowest BCUT2D eigenvalue weighted by atomic mass is 9.93. The molecule has 0 aliphatic heterocycles. The number of nitriles is 1. The summed E-state index contributed by atoms with van der Waals surface area (Å²) in [6.07, 6.45) is 3.31. The molecule has 2 rings (SSSR count). The number of rotatable bonds is 5. The van der Waals surface area contributed by atoms with Crippen molar-refractivity contribution in [2.75, 3.05) is 17.7 Å². The van der Waals surface area contributed by atoms with E-state index >= 15 is 0 Å². The first kappa shape index (κ1) is 13.2. The van der Waals surface area contributed by atoms with Gasteiger partial charge in [-0.1, -0.05) is 0 Å². The molecule has 3 N–H and O–H groups in total. The highest BCUT2D eigenvalue weighted by molar-refractivity contribution is 5.71. The van der Waals surface area contributed by atoms with Crippen molar-refractivity contribution < 1.29 is 9.53 Å². The molecule has 0 aromatic carbocycles. The van der Waals surface area contributed by atoms with Gasteiger partial charge in [0.1, 0.15) is 24.0 Å². The van der Waals surface area contributed by atoms with E-state index in [1.807, 2.05) is 6.07 Å². The third kappa shape index (κ3) is 2.78. The largest absolute Gasteiger partial charge is 0.465 e. The molecule has 0 spiro atoms. The fourth-order valence-electron chi connectivity index (χ4n) is 1.88. The van der Waals surface area contributed by atoms with E-state index in [1.165, 1.54) is 11.1 Å². The zero-order valence-corrected chi connectivity index (χ0v) is 10.8. The Kier molecular flexibility index (Phi) is 3.90. The van der Waals surface area contributed by atoms with Crippen LogP contribution in [-0.4, -0.2) is 28.4 Å². The zero-order chi connectivity index (χ0) is 13.8. The normalized spacial score (nSPS) is 14.5. The summed E-state index contributed by atoms with van der Waals surface area (Å²) in [5.41, 5.74) is 6.11. The Morgan fingerprint density at radius 3 is 2.95 bits per heavy atom. The van der Waals surface area contributed by atoms with Crippen molar-refractivity contribution in [1.82, 2.24) is 9.78 Å². The summed E-state index contributed by atoms with van der Waals surface area (Å²) in [6.45, 7) is 1.95. The van der Waals surface area contributed by atoms with Crippen LogP contribution in [0.25, 0.3) is 0 Å². The van der Waals surface area contributed by atoms with E-state index in [0.717, 1.165) is 12.8 Å². The van der Waals surface area contributed by atoms with E-state index in [0.29, 0.717) is 18.5 Å². The monoisotopic (exact) mass is 263 g/mol. The molecular weight excluding hydrogens is 246 g/mol. The van der Waals surface area contributed by atoms with Gasteiger partial charge >= 0.3 is 5.97 Å². The number of esters is 1. The standard InChI is InChI=1S/C12H17N5O2/c1-2-19-10(18)7-17-11(14)9(6-13)12(16-17)15-8-4-3-5-8/h8H,2-5,7,14H2,1H3,(H,15,16). The molecule has 1 heterocycles. The van der Waals surface area contributed by atoms with Crippen molar-refractivity contribution >= 4 is 17.6 Å². The second-order valence-electron chi connectivity index (χ2n) is 4.46. The van der Waals surface area contributed by atoms with Crippen molar-refractivity contribution in [2.24, 2.45) is 0 Å². The fraction of sp³-hybridized carbons (Fsp3) is 0.583. The van der Waals surface area contributed by atoms with Gasteiger partial charge in [0, 0.05) is 6.04 Å². The molecule has 19 heavy (non-hydrogen) atoms. The first-order valence-electron chi connectivity index (χ1n) is 6.34. The number of ether oxygens (including phenoxy) is 1. The van der Waals surface area contributed by atoms with Gasteiger partial charge in [-0.05, 0) is 26.2 Å². The molecule has 7 nitrogen and oxygen atoms in total. The van der Waals surface area contributed by atoms with Gasteiger partial charge in [0.05, 0.1) is 6.61 Å². The van der Waals surface area contributed by atoms with Crippen LogP contribution in [0.15, 0.2) is 0 Å². The van der Waals surface area contributed by atoms with Gasteiger partial charge in [-0.3, -0.25) is 4.79 Å². The Morgan fingerprint density at radius 2 is 2.42 bits per heavy atom. The van der Waals surface area contributed by atoms with E-state index < -0.39 is 5.97 Å². The maximum atomic E-state index is 11.4. The summed E-state index contributed by atoms with van der Waals surface area (Å²) in [5.74, 6) is 0.225. The number of aromatic nitrogens is 2. The summed E-state index contributed by atoms with van der Waals surface area (Å²) in [7, 11) is 0. The van der Waals surface area contributed by atoms with Crippen molar-refractivity contribution in [3.05, 3.63) is 5.56 Å². The molecule has 1 fully saturated rings. The zero-order valence-electron chi connectivity index (χ0n) is 10.8. The van der Waals surface area contributed by atoms with Gasteiger partial charge in [0.15, 0.2) is 5.82 Å². The molecular formula is C12H17N5O2. The number of anilines is 2. The Bertz CT molecular complexity index is 513. The SMILES string of the molecule is CCOC(=O)Cn1nc(NC2CCC2)c(C#N)c1N. The highest BCUT2D eigenvalue weighted by Crippen LogP contribution is 2.27. The summed E-state index contributed by atoms with van der Waals surface area (Å²) < 4.78 is 6.14. The Balaban J connectivity index is 2.15. The highest BCUT2D eigenvalue weighted by atomic mass is 16.5. The minimum absolute atomic E-state index is 0.0826.